The fraction of sp³-hybridized carbons (Fsp3) is 0.269. The maximum Gasteiger partial charge on any atom is 0.416 e. The van der Waals surface area contributed by atoms with Crippen molar-refractivity contribution < 1.29 is 26.4 Å². The summed E-state index contributed by atoms with van der Waals surface area (Å²) in [4.78, 5) is 12.9. The van der Waals surface area contributed by atoms with Gasteiger partial charge < -0.3 is 5.32 Å². The van der Waals surface area contributed by atoms with Crippen LogP contribution in [0.25, 0.3) is 0 Å². The molecule has 9 heteroatoms. The number of alkyl halides is 3. The number of hydrogen-bond donors (Lipinski definition) is 1. The lowest BCUT2D eigenvalue weighted by Crippen LogP contribution is -2.42. The van der Waals surface area contributed by atoms with Crippen molar-refractivity contribution in [2.75, 3.05) is 10.8 Å². The Morgan fingerprint density at radius 1 is 0.943 bits per heavy atom. The normalized spacial score (nSPS) is 12.7. The van der Waals surface area contributed by atoms with Crippen LogP contribution in [0.1, 0.15) is 41.6 Å². The number of anilines is 1. The largest absolute Gasteiger partial charge is 0.416 e. The molecule has 0 aliphatic carbocycles. The SMILES string of the molecule is CC[C@H](NC(=O)CN(c1cccc(C(F)(F)F)c1)S(=O)(=O)c1ccc(C)cc1)c1ccc(C)cc1. The van der Waals surface area contributed by atoms with E-state index in [1.54, 1.807) is 19.1 Å². The number of sulfonamides is 1. The number of halogens is 3. The van der Waals surface area contributed by atoms with Gasteiger partial charge in [0.1, 0.15) is 6.54 Å². The minimum Gasteiger partial charge on any atom is -0.348 e. The standard InChI is InChI=1S/C26H27F3N2O3S/c1-4-24(20-12-8-18(2)9-13-20)30-25(32)17-31(22-7-5-6-21(16-22)26(27,28)29)35(33,34)23-14-10-19(3)11-15-23/h5-16,24H,4,17H2,1-3H3,(H,30,32)/t24-/m0/s1. The molecule has 1 atom stereocenters. The van der Waals surface area contributed by atoms with Crippen LogP contribution in [0.5, 0.6) is 0 Å². The smallest absolute Gasteiger partial charge is 0.348 e. The van der Waals surface area contributed by atoms with Crippen LogP contribution < -0.4 is 9.62 Å². The van der Waals surface area contributed by atoms with E-state index in [9.17, 15) is 26.4 Å². The zero-order valence-electron chi connectivity index (χ0n) is 19.6. The summed E-state index contributed by atoms with van der Waals surface area (Å²) in [5.41, 5.74) is 1.45. The molecule has 0 aliphatic heterocycles. The number of carbonyl (C=O) groups excluding carboxylic acids is 1. The van der Waals surface area contributed by atoms with Crippen molar-refractivity contribution in [3.8, 4) is 0 Å². The predicted molar refractivity (Wildman–Crippen MR) is 130 cm³/mol. The molecular weight excluding hydrogens is 477 g/mol. The summed E-state index contributed by atoms with van der Waals surface area (Å²) in [5.74, 6) is -0.634. The van der Waals surface area contributed by atoms with E-state index in [1.165, 1.54) is 18.2 Å². The number of nitrogens with one attached hydrogen (secondary N) is 1. The number of carbonyl (C=O) groups is 1. The molecule has 0 aliphatic rings. The van der Waals surface area contributed by atoms with Crippen molar-refractivity contribution in [2.45, 2.75) is 44.3 Å². The van der Waals surface area contributed by atoms with Crippen LogP contribution in [0.3, 0.4) is 0 Å². The van der Waals surface area contributed by atoms with Crippen LogP contribution in [0.15, 0.2) is 77.7 Å². The van der Waals surface area contributed by atoms with Gasteiger partial charge in [-0.1, -0.05) is 60.5 Å². The molecule has 0 heterocycles. The lowest BCUT2D eigenvalue weighted by Gasteiger charge is -2.26. The van der Waals surface area contributed by atoms with Gasteiger partial charge in [-0.3, -0.25) is 9.10 Å². The molecule has 5 nitrogen and oxygen atoms in total. The molecule has 3 aromatic carbocycles. The first-order valence-electron chi connectivity index (χ1n) is 11.0. The van der Waals surface area contributed by atoms with E-state index in [2.05, 4.69) is 5.32 Å². The van der Waals surface area contributed by atoms with E-state index in [-0.39, 0.29) is 16.6 Å². The minimum absolute atomic E-state index is 0.126. The Hall–Kier alpha value is -3.33. The van der Waals surface area contributed by atoms with Crippen molar-refractivity contribution in [2.24, 2.45) is 0 Å². The lowest BCUT2D eigenvalue weighted by atomic mass is 10.0. The maximum atomic E-state index is 13.5. The Labute approximate surface area is 203 Å². The molecule has 0 aromatic heterocycles. The van der Waals surface area contributed by atoms with Gasteiger partial charge in [-0.15, -0.1) is 0 Å². The second kappa shape index (κ2) is 10.5. The van der Waals surface area contributed by atoms with E-state index < -0.39 is 34.2 Å². The van der Waals surface area contributed by atoms with Crippen LogP contribution in [-0.2, 0) is 21.0 Å². The molecule has 35 heavy (non-hydrogen) atoms. The topological polar surface area (TPSA) is 66.5 Å². The van der Waals surface area contributed by atoms with E-state index in [1.807, 2.05) is 38.1 Å². The number of benzene rings is 3. The molecule has 0 spiro atoms. The first-order valence-corrected chi connectivity index (χ1v) is 12.5. The summed E-state index contributed by atoms with van der Waals surface area (Å²) in [7, 11) is -4.34. The van der Waals surface area contributed by atoms with Crippen LogP contribution >= 0.6 is 0 Å². The average molecular weight is 505 g/mol. The summed E-state index contributed by atoms with van der Waals surface area (Å²) in [6.45, 7) is 4.91. The van der Waals surface area contributed by atoms with E-state index in [4.69, 9.17) is 0 Å². The van der Waals surface area contributed by atoms with E-state index >= 15 is 0 Å². The van der Waals surface area contributed by atoms with Gasteiger partial charge in [0, 0.05) is 0 Å². The second-order valence-electron chi connectivity index (χ2n) is 8.31. The molecule has 0 bridgehead atoms. The molecule has 0 saturated carbocycles. The van der Waals surface area contributed by atoms with E-state index in [0.717, 1.165) is 34.9 Å². The van der Waals surface area contributed by atoms with Gasteiger partial charge in [-0.05, 0) is 56.2 Å². The van der Waals surface area contributed by atoms with Gasteiger partial charge in [0.05, 0.1) is 22.2 Å². The fourth-order valence-electron chi connectivity index (χ4n) is 3.58. The summed E-state index contributed by atoms with van der Waals surface area (Å²) in [5, 5.41) is 2.81. The van der Waals surface area contributed by atoms with Crippen molar-refractivity contribution in [3.63, 3.8) is 0 Å². The molecule has 1 amide bonds. The minimum atomic E-state index is -4.67. The third kappa shape index (κ3) is 6.42. The highest BCUT2D eigenvalue weighted by Gasteiger charge is 2.33. The molecule has 3 aromatic rings. The summed E-state index contributed by atoms with van der Waals surface area (Å²) in [6.07, 6.45) is -4.13. The van der Waals surface area contributed by atoms with Crippen LogP contribution in [-0.4, -0.2) is 20.9 Å². The van der Waals surface area contributed by atoms with Crippen LogP contribution in [0.2, 0.25) is 0 Å². The summed E-state index contributed by atoms with van der Waals surface area (Å²) < 4.78 is 67.7. The van der Waals surface area contributed by atoms with Crippen molar-refractivity contribution in [1.82, 2.24) is 5.32 Å². The maximum absolute atomic E-state index is 13.5. The molecule has 0 radical (unpaired) electrons. The molecule has 186 valence electrons. The molecule has 0 saturated heterocycles. The first kappa shape index (κ1) is 26.3. The highest BCUT2D eigenvalue weighted by atomic mass is 32.2. The fourth-order valence-corrected chi connectivity index (χ4v) is 4.99. The third-order valence-electron chi connectivity index (χ3n) is 5.58. The van der Waals surface area contributed by atoms with Crippen molar-refractivity contribution in [1.29, 1.82) is 0 Å². The molecule has 0 unspecified atom stereocenters. The Morgan fingerprint density at radius 3 is 2.06 bits per heavy atom. The zero-order chi connectivity index (χ0) is 25.8. The molecule has 0 fully saturated rings. The number of hydrogen-bond acceptors (Lipinski definition) is 3. The first-order chi connectivity index (χ1) is 16.4. The van der Waals surface area contributed by atoms with Gasteiger partial charge in [-0.25, -0.2) is 8.42 Å². The van der Waals surface area contributed by atoms with E-state index in [0.29, 0.717) is 10.7 Å². The van der Waals surface area contributed by atoms with Gasteiger partial charge in [0.15, 0.2) is 0 Å². The molecule has 3 rings (SSSR count). The van der Waals surface area contributed by atoms with Crippen molar-refractivity contribution in [3.05, 3.63) is 95.1 Å². The second-order valence-corrected chi connectivity index (χ2v) is 10.2. The monoisotopic (exact) mass is 504 g/mol. The third-order valence-corrected chi connectivity index (χ3v) is 7.37. The van der Waals surface area contributed by atoms with Crippen molar-refractivity contribution >= 4 is 21.6 Å². The average Bonchev–Trinajstić information content (AvgIpc) is 2.81. The van der Waals surface area contributed by atoms with Gasteiger partial charge in [0.2, 0.25) is 5.91 Å². The Balaban J connectivity index is 1.97. The molecular formula is C26H27F3N2O3S. The van der Waals surface area contributed by atoms with Gasteiger partial charge in [-0.2, -0.15) is 13.2 Å². The Morgan fingerprint density at radius 2 is 1.51 bits per heavy atom. The number of nitrogens with zero attached hydrogens (tertiary/aromatic N) is 1. The Bertz CT molecular complexity index is 1270. The number of aryl methyl sites for hydroxylation is 2. The van der Waals surface area contributed by atoms with Crippen LogP contribution in [0.4, 0.5) is 18.9 Å². The number of amides is 1. The quantitative estimate of drug-likeness (QED) is 0.423. The Kier molecular flexibility index (Phi) is 7.90. The van der Waals surface area contributed by atoms with Gasteiger partial charge >= 0.3 is 6.18 Å². The number of rotatable bonds is 8. The van der Waals surface area contributed by atoms with Gasteiger partial charge in [0.25, 0.3) is 10.0 Å². The zero-order valence-corrected chi connectivity index (χ0v) is 20.5. The highest BCUT2D eigenvalue weighted by molar-refractivity contribution is 7.92. The van der Waals surface area contributed by atoms with Crippen LogP contribution in [0, 0.1) is 13.8 Å². The predicted octanol–water partition coefficient (Wildman–Crippen LogP) is 5.79. The molecule has 1 N–H and O–H groups in total. The highest BCUT2D eigenvalue weighted by Crippen LogP contribution is 2.33. The summed E-state index contributed by atoms with van der Waals surface area (Å²) in [6, 6.07) is 17.0. The summed E-state index contributed by atoms with van der Waals surface area (Å²) >= 11 is 0. The lowest BCUT2D eigenvalue weighted by molar-refractivity contribution is -0.137.